The summed E-state index contributed by atoms with van der Waals surface area (Å²) < 4.78 is 12.0. The highest BCUT2D eigenvalue weighted by Gasteiger charge is 2.51. The van der Waals surface area contributed by atoms with E-state index in [0.29, 0.717) is 11.8 Å². The first-order valence-corrected chi connectivity index (χ1v) is 6.41. The summed E-state index contributed by atoms with van der Waals surface area (Å²) in [6.07, 6.45) is 11.2. The summed E-state index contributed by atoms with van der Waals surface area (Å²) in [6.45, 7) is 5.32. The van der Waals surface area contributed by atoms with E-state index in [-0.39, 0.29) is 5.79 Å². The van der Waals surface area contributed by atoms with Crippen LogP contribution in [0, 0.1) is 17.8 Å². The highest BCUT2D eigenvalue weighted by atomic mass is 16.7. The van der Waals surface area contributed by atoms with Gasteiger partial charge in [-0.2, -0.15) is 0 Å². The van der Waals surface area contributed by atoms with Crippen LogP contribution in [0.4, 0.5) is 0 Å². The molecule has 0 N–H and O–H groups in total. The molecular weight excluding hydrogens is 200 g/mol. The van der Waals surface area contributed by atoms with E-state index in [2.05, 4.69) is 18.7 Å². The molecule has 0 spiro atoms. The van der Waals surface area contributed by atoms with Gasteiger partial charge >= 0.3 is 0 Å². The number of hydrogen-bond donors (Lipinski definition) is 0. The SMILES string of the molecule is C=CCCC1([C@H]2C[C@H]3C=C[C@@H]2C3)OCCO1. The predicted octanol–water partition coefficient (Wildman–Crippen LogP) is 2.91. The second-order valence-electron chi connectivity index (χ2n) is 5.22. The molecule has 0 amide bonds. The fourth-order valence-electron chi connectivity index (χ4n) is 3.60. The largest absolute Gasteiger partial charge is 0.347 e. The molecule has 0 aromatic rings. The van der Waals surface area contributed by atoms with E-state index >= 15 is 0 Å². The summed E-state index contributed by atoms with van der Waals surface area (Å²) in [6, 6.07) is 0. The van der Waals surface area contributed by atoms with Crippen LogP contribution in [0.2, 0.25) is 0 Å². The van der Waals surface area contributed by atoms with Crippen LogP contribution in [0.1, 0.15) is 25.7 Å². The molecular formula is C14H20O2. The van der Waals surface area contributed by atoms with Crippen LogP contribution < -0.4 is 0 Å². The zero-order valence-corrected chi connectivity index (χ0v) is 9.73. The minimum absolute atomic E-state index is 0.293. The molecule has 88 valence electrons. The molecule has 1 saturated heterocycles. The summed E-state index contributed by atoms with van der Waals surface area (Å²) in [4.78, 5) is 0. The van der Waals surface area contributed by atoms with Crippen molar-refractivity contribution >= 4 is 0 Å². The second kappa shape index (κ2) is 4.01. The van der Waals surface area contributed by atoms with Gasteiger partial charge in [0.15, 0.2) is 5.79 Å². The van der Waals surface area contributed by atoms with Crippen molar-refractivity contribution in [3.63, 3.8) is 0 Å². The van der Waals surface area contributed by atoms with Crippen molar-refractivity contribution in [3.8, 4) is 0 Å². The molecule has 0 unspecified atom stereocenters. The molecule has 3 atom stereocenters. The lowest BCUT2D eigenvalue weighted by Crippen LogP contribution is -2.41. The van der Waals surface area contributed by atoms with E-state index in [9.17, 15) is 0 Å². The molecule has 0 aromatic carbocycles. The van der Waals surface area contributed by atoms with Gasteiger partial charge in [0.25, 0.3) is 0 Å². The Kier molecular flexibility index (Phi) is 2.64. The van der Waals surface area contributed by atoms with Crippen molar-refractivity contribution in [1.82, 2.24) is 0 Å². The summed E-state index contributed by atoms with van der Waals surface area (Å²) in [5.74, 6) is 1.75. The third-order valence-corrected chi connectivity index (χ3v) is 4.32. The fraction of sp³-hybridized carbons (Fsp3) is 0.714. The lowest BCUT2D eigenvalue weighted by molar-refractivity contribution is -0.204. The Morgan fingerprint density at radius 2 is 2.06 bits per heavy atom. The van der Waals surface area contributed by atoms with E-state index in [0.717, 1.165) is 32.0 Å². The number of fused-ring (bicyclic) bond motifs is 2. The Balaban J connectivity index is 1.77. The first kappa shape index (κ1) is 10.5. The Morgan fingerprint density at radius 3 is 2.62 bits per heavy atom. The number of allylic oxidation sites excluding steroid dienone is 3. The van der Waals surface area contributed by atoms with Crippen LogP contribution in [0.3, 0.4) is 0 Å². The monoisotopic (exact) mass is 220 g/mol. The topological polar surface area (TPSA) is 18.5 Å². The Bertz CT molecular complexity index is 302. The molecule has 1 aliphatic heterocycles. The van der Waals surface area contributed by atoms with E-state index in [1.54, 1.807) is 0 Å². The van der Waals surface area contributed by atoms with Crippen LogP contribution in [-0.2, 0) is 9.47 Å². The number of rotatable bonds is 4. The zero-order valence-electron chi connectivity index (χ0n) is 9.73. The summed E-state index contributed by atoms with van der Waals surface area (Å²) >= 11 is 0. The summed E-state index contributed by atoms with van der Waals surface area (Å²) in [5, 5.41) is 0. The van der Waals surface area contributed by atoms with Crippen LogP contribution in [0.15, 0.2) is 24.8 Å². The van der Waals surface area contributed by atoms with Gasteiger partial charge in [-0.1, -0.05) is 18.2 Å². The quantitative estimate of drug-likeness (QED) is 0.678. The Morgan fingerprint density at radius 1 is 1.25 bits per heavy atom. The summed E-state index contributed by atoms with van der Waals surface area (Å²) in [7, 11) is 0. The van der Waals surface area contributed by atoms with Crippen molar-refractivity contribution in [1.29, 1.82) is 0 Å². The van der Waals surface area contributed by atoms with Crippen LogP contribution in [0.25, 0.3) is 0 Å². The molecule has 2 heteroatoms. The van der Waals surface area contributed by atoms with Gasteiger partial charge in [0.2, 0.25) is 0 Å². The third kappa shape index (κ3) is 1.56. The van der Waals surface area contributed by atoms with Crippen molar-refractivity contribution in [2.24, 2.45) is 17.8 Å². The zero-order chi connectivity index (χ0) is 11.0. The average Bonchev–Trinajstić information content (AvgIpc) is 3.02. The van der Waals surface area contributed by atoms with E-state index in [1.807, 2.05) is 6.08 Å². The molecule has 0 radical (unpaired) electrons. The normalized spacial score (nSPS) is 39.4. The fourth-order valence-corrected chi connectivity index (χ4v) is 3.60. The van der Waals surface area contributed by atoms with Crippen LogP contribution >= 0.6 is 0 Å². The lowest BCUT2D eigenvalue weighted by atomic mass is 9.83. The molecule has 1 heterocycles. The van der Waals surface area contributed by atoms with E-state index in [1.165, 1.54) is 12.8 Å². The summed E-state index contributed by atoms with van der Waals surface area (Å²) in [5.41, 5.74) is 0. The molecule has 2 fully saturated rings. The lowest BCUT2D eigenvalue weighted by Gasteiger charge is -2.36. The predicted molar refractivity (Wildman–Crippen MR) is 62.9 cm³/mol. The van der Waals surface area contributed by atoms with Crippen LogP contribution in [0.5, 0.6) is 0 Å². The number of hydrogen-bond acceptors (Lipinski definition) is 2. The van der Waals surface area contributed by atoms with Gasteiger partial charge in [-0.15, -0.1) is 6.58 Å². The highest BCUT2D eigenvalue weighted by Crippen LogP contribution is 2.51. The van der Waals surface area contributed by atoms with Gasteiger partial charge in [0.1, 0.15) is 0 Å². The second-order valence-corrected chi connectivity index (χ2v) is 5.22. The molecule has 1 saturated carbocycles. The molecule has 16 heavy (non-hydrogen) atoms. The first-order chi connectivity index (χ1) is 7.84. The maximum absolute atomic E-state index is 5.98. The molecule has 2 aliphatic carbocycles. The number of ether oxygens (including phenoxy) is 2. The minimum atomic E-state index is -0.293. The van der Waals surface area contributed by atoms with Gasteiger partial charge in [-0.3, -0.25) is 0 Å². The minimum Gasteiger partial charge on any atom is -0.347 e. The molecule has 2 nitrogen and oxygen atoms in total. The molecule has 2 bridgehead atoms. The van der Waals surface area contributed by atoms with Gasteiger partial charge in [0.05, 0.1) is 13.2 Å². The van der Waals surface area contributed by atoms with Crippen LogP contribution in [-0.4, -0.2) is 19.0 Å². The maximum atomic E-state index is 5.98. The van der Waals surface area contributed by atoms with Gasteiger partial charge in [-0.25, -0.2) is 0 Å². The standard InChI is InChI=1S/C14H20O2/c1-2-3-6-14(15-7-8-16-14)13-10-11-4-5-12(13)9-11/h2,4-5,11-13H,1,3,6-10H2/t11-,12+,13-/m0/s1. The first-order valence-electron chi connectivity index (χ1n) is 6.41. The maximum Gasteiger partial charge on any atom is 0.172 e. The van der Waals surface area contributed by atoms with Crippen molar-refractivity contribution < 1.29 is 9.47 Å². The Labute approximate surface area is 97.3 Å². The smallest absolute Gasteiger partial charge is 0.172 e. The van der Waals surface area contributed by atoms with Crippen molar-refractivity contribution in [2.45, 2.75) is 31.5 Å². The molecule has 0 aromatic heterocycles. The third-order valence-electron chi connectivity index (χ3n) is 4.32. The highest BCUT2D eigenvalue weighted by molar-refractivity contribution is 5.13. The Hall–Kier alpha value is -0.600. The van der Waals surface area contributed by atoms with E-state index < -0.39 is 0 Å². The van der Waals surface area contributed by atoms with E-state index in [4.69, 9.17) is 9.47 Å². The molecule has 3 rings (SSSR count). The average molecular weight is 220 g/mol. The van der Waals surface area contributed by atoms with Gasteiger partial charge < -0.3 is 9.47 Å². The van der Waals surface area contributed by atoms with Gasteiger partial charge in [-0.05, 0) is 31.1 Å². The van der Waals surface area contributed by atoms with Crippen molar-refractivity contribution in [2.75, 3.05) is 13.2 Å². The van der Waals surface area contributed by atoms with Crippen molar-refractivity contribution in [3.05, 3.63) is 24.8 Å². The molecule has 3 aliphatic rings. The van der Waals surface area contributed by atoms with Gasteiger partial charge in [0, 0.05) is 12.3 Å².